The first-order valence-electron chi connectivity index (χ1n) is 43.8. The molecule has 104 heavy (non-hydrogen) atoms. The maximum Gasteiger partial charge on any atom is 0.472 e. The molecule has 0 saturated carbocycles. The number of ether oxygens (including phenoxy) is 4. The molecule has 0 radical (unpaired) electrons. The van der Waals surface area contributed by atoms with Gasteiger partial charge in [0.1, 0.15) is 19.3 Å². The predicted molar refractivity (Wildman–Crippen MR) is 428 cm³/mol. The van der Waals surface area contributed by atoms with Gasteiger partial charge in [-0.3, -0.25) is 37.3 Å². The molecule has 0 bridgehead atoms. The van der Waals surface area contributed by atoms with Crippen LogP contribution < -0.4 is 0 Å². The summed E-state index contributed by atoms with van der Waals surface area (Å²) in [4.78, 5) is 73.2. The first-order valence-corrected chi connectivity index (χ1v) is 46.8. The Balaban J connectivity index is 5.20. The molecule has 5 unspecified atom stereocenters. The van der Waals surface area contributed by atoms with E-state index in [1.165, 1.54) is 238 Å². The third kappa shape index (κ3) is 74.2. The van der Waals surface area contributed by atoms with Gasteiger partial charge in [0.2, 0.25) is 0 Å². The third-order valence-electron chi connectivity index (χ3n) is 20.9. The Morgan fingerprint density at radius 3 is 0.683 bits per heavy atom. The largest absolute Gasteiger partial charge is 0.472 e. The molecule has 0 aliphatic rings. The summed E-state index contributed by atoms with van der Waals surface area (Å²) in [6.07, 6.45) is 62.4. The quantitative estimate of drug-likeness (QED) is 0.0222. The summed E-state index contributed by atoms with van der Waals surface area (Å²) in [6.45, 7) is 14.4. The average Bonchev–Trinajstić information content (AvgIpc) is 0.904. The maximum atomic E-state index is 13.1. The highest BCUT2D eigenvalue weighted by molar-refractivity contribution is 7.47. The van der Waals surface area contributed by atoms with E-state index in [9.17, 15) is 43.2 Å². The van der Waals surface area contributed by atoms with Gasteiger partial charge in [0, 0.05) is 25.7 Å². The van der Waals surface area contributed by atoms with Crippen molar-refractivity contribution >= 4 is 39.5 Å². The first-order chi connectivity index (χ1) is 50.2. The fourth-order valence-corrected chi connectivity index (χ4v) is 14.6. The molecule has 0 fully saturated rings. The van der Waals surface area contributed by atoms with Gasteiger partial charge in [-0.15, -0.1) is 0 Å². The smallest absolute Gasteiger partial charge is 0.462 e. The number of aliphatic hydroxyl groups excluding tert-OH is 1. The van der Waals surface area contributed by atoms with E-state index >= 15 is 0 Å². The highest BCUT2D eigenvalue weighted by Gasteiger charge is 2.31. The minimum absolute atomic E-state index is 0.107. The van der Waals surface area contributed by atoms with Crippen LogP contribution in [0.1, 0.15) is 441 Å². The summed E-state index contributed by atoms with van der Waals surface area (Å²) >= 11 is 0. The molecule has 618 valence electrons. The van der Waals surface area contributed by atoms with Crippen molar-refractivity contribution in [2.24, 2.45) is 23.7 Å². The average molecular weight is 1520 g/mol. The van der Waals surface area contributed by atoms with Gasteiger partial charge in [0.25, 0.3) is 0 Å². The summed E-state index contributed by atoms with van der Waals surface area (Å²) in [5.74, 6) is 1.10. The monoisotopic (exact) mass is 1520 g/mol. The molecule has 0 spiro atoms. The van der Waals surface area contributed by atoms with Crippen LogP contribution in [0.15, 0.2) is 0 Å². The highest BCUT2D eigenvalue weighted by Crippen LogP contribution is 2.45. The zero-order valence-electron chi connectivity index (χ0n) is 68.7. The van der Waals surface area contributed by atoms with Crippen molar-refractivity contribution in [3.05, 3.63) is 0 Å². The predicted octanol–water partition coefficient (Wildman–Crippen LogP) is 25.6. The van der Waals surface area contributed by atoms with Crippen molar-refractivity contribution in [1.29, 1.82) is 0 Å². The second-order valence-corrected chi connectivity index (χ2v) is 34.7. The third-order valence-corrected chi connectivity index (χ3v) is 22.8. The van der Waals surface area contributed by atoms with Crippen LogP contribution in [0.2, 0.25) is 0 Å². The maximum absolute atomic E-state index is 13.1. The van der Waals surface area contributed by atoms with Gasteiger partial charge in [0.15, 0.2) is 12.2 Å². The molecule has 0 rings (SSSR count). The van der Waals surface area contributed by atoms with Crippen molar-refractivity contribution in [2.45, 2.75) is 459 Å². The fourth-order valence-electron chi connectivity index (χ4n) is 13.0. The molecule has 0 heterocycles. The summed E-state index contributed by atoms with van der Waals surface area (Å²) < 4.78 is 68.8. The summed E-state index contributed by atoms with van der Waals surface area (Å²) in [5.41, 5.74) is 0. The van der Waals surface area contributed by atoms with Crippen LogP contribution in [0.5, 0.6) is 0 Å². The number of phosphoric acid groups is 2. The number of aliphatic hydroxyl groups is 1. The number of unbranched alkanes of at least 4 members (excludes halogenated alkanes) is 45. The topological polar surface area (TPSA) is 237 Å². The van der Waals surface area contributed by atoms with E-state index in [4.69, 9.17) is 37.0 Å². The summed E-state index contributed by atoms with van der Waals surface area (Å²) in [7, 11) is -9.93. The molecule has 0 aliphatic heterocycles. The Hall–Kier alpha value is -1.94. The van der Waals surface area contributed by atoms with E-state index in [-0.39, 0.29) is 25.7 Å². The number of carbonyl (C=O) groups is 4. The normalized spacial score (nSPS) is 14.7. The van der Waals surface area contributed by atoms with Gasteiger partial charge in [-0.25, -0.2) is 9.13 Å². The Morgan fingerprint density at radius 2 is 0.462 bits per heavy atom. The lowest BCUT2D eigenvalue weighted by Crippen LogP contribution is -2.30. The minimum Gasteiger partial charge on any atom is -0.462 e. The van der Waals surface area contributed by atoms with Crippen LogP contribution in [-0.4, -0.2) is 96.7 Å². The molecule has 19 heteroatoms. The molecule has 17 nitrogen and oxygen atoms in total. The first kappa shape index (κ1) is 102. The van der Waals surface area contributed by atoms with Crippen LogP contribution in [0.25, 0.3) is 0 Å². The highest BCUT2D eigenvalue weighted by atomic mass is 31.2. The van der Waals surface area contributed by atoms with Crippen molar-refractivity contribution in [2.75, 3.05) is 39.6 Å². The van der Waals surface area contributed by atoms with E-state index < -0.39 is 97.5 Å². The zero-order chi connectivity index (χ0) is 76.7. The Labute approximate surface area is 638 Å². The molecule has 0 aromatic heterocycles. The van der Waals surface area contributed by atoms with Crippen molar-refractivity contribution < 1.29 is 80.2 Å². The number of rotatable bonds is 82. The molecule has 8 atom stereocenters. The van der Waals surface area contributed by atoms with E-state index in [1.54, 1.807) is 0 Å². The number of carbonyl (C=O) groups excluding carboxylic acids is 4. The summed E-state index contributed by atoms with van der Waals surface area (Å²) in [6, 6.07) is 0. The van der Waals surface area contributed by atoms with E-state index in [1.807, 2.05) is 0 Å². The Kier molecular flexibility index (Phi) is 72.5. The van der Waals surface area contributed by atoms with Crippen LogP contribution >= 0.6 is 15.6 Å². The molecule has 0 aliphatic carbocycles. The molecule has 0 aromatic rings. The van der Waals surface area contributed by atoms with Gasteiger partial charge < -0.3 is 33.8 Å². The zero-order valence-corrected chi connectivity index (χ0v) is 70.5. The number of hydrogen-bond acceptors (Lipinski definition) is 15. The van der Waals surface area contributed by atoms with Gasteiger partial charge in [-0.2, -0.15) is 0 Å². The SMILES string of the molecule is CCC(C)CCCCCCCCCCCCCCCCCCCCC(=O)OC[C@H](COP(=O)(O)OC[C@@H](O)COP(=O)(O)OC[C@@H](COC(=O)CCCCCCCCC(C)CC)OC(=O)CCCCCCCCCCCCCCCCC(C)CC)OC(=O)CCCCCCCCCCCCCC(C)C. The molecule has 0 amide bonds. The van der Waals surface area contributed by atoms with Gasteiger partial charge >= 0.3 is 39.5 Å². The van der Waals surface area contributed by atoms with Crippen molar-refractivity contribution in [3.8, 4) is 0 Å². The molecular weight excluding hydrogens is 1350 g/mol. The van der Waals surface area contributed by atoms with E-state index in [0.29, 0.717) is 25.7 Å². The second-order valence-electron chi connectivity index (χ2n) is 31.8. The number of hydrogen-bond donors (Lipinski definition) is 3. The lowest BCUT2D eigenvalue weighted by Gasteiger charge is -2.21. The Bertz CT molecular complexity index is 2030. The second kappa shape index (κ2) is 73.8. The molecule has 0 saturated heterocycles. The van der Waals surface area contributed by atoms with Crippen LogP contribution in [-0.2, 0) is 65.4 Å². The van der Waals surface area contributed by atoms with E-state index in [0.717, 1.165) is 120 Å². The lowest BCUT2D eigenvalue weighted by molar-refractivity contribution is -0.161. The van der Waals surface area contributed by atoms with Crippen LogP contribution in [0.4, 0.5) is 0 Å². The van der Waals surface area contributed by atoms with Gasteiger partial charge in [0.05, 0.1) is 26.4 Å². The standard InChI is InChI=1S/C85H166O17P2/c1-9-76(6)62-54-46-38-32-26-20-16-14-12-13-15-17-22-28-34-40-49-57-65-82(87)95-71-80(101-85(90)68-60-52-42-36-30-24-25-31-37-45-53-61-75(4)5)73-99-103(91,92)97-69-79(86)70-98-104(93,94)100-74-81(72-96-83(88)66-58-50-44-43-48-56-64-78(8)11-3)102-84(89)67-59-51-41-35-29-23-19-18-21-27-33-39-47-55-63-77(7)10-2/h75-81,86H,9-74H2,1-8H3,(H,91,92)(H,93,94)/t76?,77?,78?,79-,80-,81-/m1/s1. The van der Waals surface area contributed by atoms with Gasteiger partial charge in [-0.05, 0) is 49.4 Å². The van der Waals surface area contributed by atoms with Crippen LogP contribution in [0, 0.1) is 23.7 Å². The lowest BCUT2D eigenvalue weighted by atomic mass is 9.99. The molecule has 3 N–H and O–H groups in total. The molecular formula is C85H166O17P2. The van der Waals surface area contributed by atoms with Crippen LogP contribution in [0.3, 0.4) is 0 Å². The Morgan fingerprint density at radius 1 is 0.269 bits per heavy atom. The van der Waals surface area contributed by atoms with Crippen molar-refractivity contribution in [3.63, 3.8) is 0 Å². The fraction of sp³-hybridized carbons (Fsp3) is 0.953. The minimum atomic E-state index is -4.96. The van der Waals surface area contributed by atoms with Gasteiger partial charge in [-0.1, -0.05) is 389 Å². The van der Waals surface area contributed by atoms with Crippen molar-refractivity contribution in [1.82, 2.24) is 0 Å². The number of esters is 4. The van der Waals surface area contributed by atoms with E-state index in [2.05, 4.69) is 55.4 Å². The number of phosphoric ester groups is 2. The summed E-state index contributed by atoms with van der Waals surface area (Å²) in [5, 5.41) is 10.7. The molecule has 0 aromatic carbocycles.